The van der Waals surface area contributed by atoms with Crippen molar-refractivity contribution in [1.82, 2.24) is 20.9 Å². The molecule has 0 spiro atoms. The zero-order valence-corrected chi connectivity index (χ0v) is 21.8. The van der Waals surface area contributed by atoms with Crippen LogP contribution in [0.2, 0.25) is 0 Å². The molecule has 37 heavy (non-hydrogen) atoms. The summed E-state index contributed by atoms with van der Waals surface area (Å²) in [5, 5.41) is 27.6. The van der Waals surface area contributed by atoms with Gasteiger partial charge in [0.25, 0.3) is 0 Å². The number of hydrogen-bond donors (Lipinski definition) is 7. The summed E-state index contributed by atoms with van der Waals surface area (Å²) < 4.78 is 0. The highest BCUT2D eigenvalue weighted by atomic mass is 16.4. The van der Waals surface area contributed by atoms with Crippen LogP contribution >= 0.6 is 0 Å². The molecule has 5 unspecified atom stereocenters. The summed E-state index contributed by atoms with van der Waals surface area (Å²) in [5.41, 5.74) is 7.21. The SMILES string of the molecule is CCC(C)C(NC(=O)C(Cc1c[nH]c2ccccc12)NC(=O)C(CC(C)C)NC(=O)C(N)CO)C(=O)O. The van der Waals surface area contributed by atoms with E-state index in [1.165, 1.54) is 0 Å². The molecule has 3 amide bonds. The highest BCUT2D eigenvalue weighted by Gasteiger charge is 2.32. The van der Waals surface area contributed by atoms with E-state index in [-0.39, 0.29) is 24.7 Å². The van der Waals surface area contributed by atoms with Crippen LogP contribution in [0.4, 0.5) is 0 Å². The summed E-state index contributed by atoms with van der Waals surface area (Å²) in [6, 6.07) is 3.05. The van der Waals surface area contributed by atoms with E-state index in [1.54, 1.807) is 13.1 Å². The maximum atomic E-state index is 13.4. The number of carbonyl (C=O) groups is 4. The van der Waals surface area contributed by atoms with Crippen molar-refractivity contribution >= 4 is 34.6 Å². The molecule has 1 aromatic carbocycles. The molecule has 0 saturated heterocycles. The topological polar surface area (TPSA) is 187 Å². The number of benzene rings is 1. The molecule has 11 heteroatoms. The van der Waals surface area contributed by atoms with Crippen molar-refractivity contribution < 1.29 is 29.4 Å². The minimum absolute atomic E-state index is 0.0177. The number of aliphatic hydroxyl groups is 1. The Labute approximate surface area is 216 Å². The van der Waals surface area contributed by atoms with Gasteiger partial charge in [-0.15, -0.1) is 0 Å². The normalized spacial score (nSPS) is 15.4. The van der Waals surface area contributed by atoms with Crippen LogP contribution < -0.4 is 21.7 Å². The number of carboxylic acid groups (broad SMARTS) is 1. The van der Waals surface area contributed by atoms with Gasteiger partial charge in [0.05, 0.1) is 6.61 Å². The lowest BCUT2D eigenvalue weighted by Gasteiger charge is -2.27. The van der Waals surface area contributed by atoms with Crippen molar-refractivity contribution in [2.24, 2.45) is 17.6 Å². The fourth-order valence-corrected chi connectivity index (χ4v) is 4.00. The van der Waals surface area contributed by atoms with Gasteiger partial charge in [-0.05, 0) is 29.9 Å². The summed E-state index contributed by atoms with van der Waals surface area (Å²) in [4.78, 5) is 53.9. The van der Waals surface area contributed by atoms with Gasteiger partial charge in [-0.25, -0.2) is 4.79 Å². The summed E-state index contributed by atoms with van der Waals surface area (Å²) in [6.07, 6.45) is 2.63. The Kier molecular flexibility index (Phi) is 11.1. The molecule has 0 radical (unpaired) electrons. The molecule has 5 atom stereocenters. The molecule has 0 bridgehead atoms. The first-order valence-corrected chi connectivity index (χ1v) is 12.5. The number of nitrogens with one attached hydrogen (secondary N) is 4. The van der Waals surface area contributed by atoms with E-state index in [0.717, 1.165) is 16.5 Å². The third-order valence-electron chi connectivity index (χ3n) is 6.38. The molecule has 1 aromatic heterocycles. The fourth-order valence-electron chi connectivity index (χ4n) is 4.00. The molecule has 0 aliphatic heterocycles. The molecule has 0 aliphatic rings. The molecule has 1 heterocycles. The number of aliphatic carboxylic acids is 1. The molecule has 0 aliphatic carbocycles. The first-order chi connectivity index (χ1) is 17.5. The van der Waals surface area contributed by atoms with Crippen molar-refractivity contribution in [3.05, 3.63) is 36.0 Å². The van der Waals surface area contributed by atoms with Crippen molar-refractivity contribution in [2.45, 2.75) is 71.1 Å². The molecule has 2 rings (SSSR count). The monoisotopic (exact) mass is 517 g/mol. The van der Waals surface area contributed by atoms with E-state index in [2.05, 4.69) is 20.9 Å². The lowest BCUT2D eigenvalue weighted by Crippen LogP contribution is -2.58. The number of nitrogens with two attached hydrogens (primary N) is 1. The predicted molar refractivity (Wildman–Crippen MR) is 139 cm³/mol. The Balaban J connectivity index is 2.35. The lowest BCUT2D eigenvalue weighted by molar-refractivity contribution is -0.143. The maximum Gasteiger partial charge on any atom is 0.326 e. The van der Waals surface area contributed by atoms with Gasteiger partial charge < -0.3 is 36.9 Å². The van der Waals surface area contributed by atoms with Gasteiger partial charge in [-0.2, -0.15) is 0 Å². The largest absolute Gasteiger partial charge is 0.480 e. The van der Waals surface area contributed by atoms with Gasteiger partial charge >= 0.3 is 5.97 Å². The molecule has 204 valence electrons. The highest BCUT2D eigenvalue weighted by molar-refractivity contribution is 5.95. The summed E-state index contributed by atoms with van der Waals surface area (Å²) in [5.74, 6) is -3.43. The third-order valence-corrected chi connectivity index (χ3v) is 6.38. The van der Waals surface area contributed by atoms with E-state index < -0.39 is 54.5 Å². The molecular formula is C26H39N5O6. The van der Waals surface area contributed by atoms with E-state index in [0.29, 0.717) is 6.42 Å². The summed E-state index contributed by atoms with van der Waals surface area (Å²) in [7, 11) is 0. The van der Waals surface area contributed by atoms with E-state index in [1.807, 2.05) is 45.0 Å². The molecular weight excluding hydrogens is 478 g/mol. The first-order valence-electron chi connectivity index (χ1n) is 12.5. The molecule has 2 aromatic rings. The molecule has 0 saturated carbocycles. The van der Waals surface area contributed by atoms with E-state index >= 15 is 0 Å². The van der Waals surface area contributed by atoms with Crippen molar-refractivity contribution in [3.63, 3.8) is 0 Å². The van der Waals surface area contributed by atoms with Gasteiger partial charge in [-0.3, -0.25) is 14.4 Å². The van der Waals surface area contributed by atoms with Crippen LogP contribution in [0.25, 0.3) is 10.9 Å². The van der Waals surface area contributed by atoms with Gasteiger partial charge in [0.2, 0.25) is 17.7 Å². The Hall–Kier alpha value is -3.44. The number of aromatic nitrogens is 1. The Morgan fingerprint density at radius 3 is 2.19 bits per heavy atom. The number of fused-ring (bicyclic) bond motifs is 1. The smallest absolute Gasteiger partial charge is 0.326 e. The lowest BCUT2D eigenvalue weighted by atomic mass is 9.97. The van der Waals surface area contributed by atoms with Crippen LogP contribution in [0.5, 0.6) is 0 Å². The number of H-pyrrole nitrogens is 1. The Morgan fingerprint density at radius 2 is 1.59 bits per heavy atom. The standard InChI is InChI=1S/C26H39N5O6/c1-5-15(4)22(26(36)37)31-25(35)21(11-16-12-28-19-9-7-6-8-17(16)19)30-24(34)20(10-14(2)3)29-23(33)18(27)13-32/h6-9,12,14-15,18,20-22,28,32H,5,10-11,13,27H2,1-4H3,(H,29,33)(H,30,34)(H,31,35)(H,36,37). The minimum Gasteiger partial charge on any atom is -0.480 e. The average Bonchev–Trinajstić information content (AvgIpc) is 3.27. The summed E-state index contributed by atoms with van der Waals surface area (Å²) in [6.45, 7) is 6.72. The van der Waals surface area contributed by atoms with E-state index in [9.17, 15) is 29.4 Å². The van der Waals surface area contributed by atoms with Crippen LogP contribution in [0.1, 0.15) is 46.1 Å². The van der Waals surface area contributed by atoms with Gasteiger partial charge in [0.15, 0.2) is 0 Å². The van der Waals surface area contributed by atoms with Crippen LogP contribution in [0, 0.1) is 11.8 Å². The van der Waals surface area contributed by atoms with Crippen LogP contribution in [-0.4, -0.2) is 69.7 Å². The number of carboxylic acids is 1. The maximum absolute atomic E-state index is 13.4. The predicted octanol–water partition coefficient (Wildman–Crippen LogP) is 0.661. The fraction of sp³-hybridized carbons (Fsp3) is 0.538. The van der Waals surface area contributed by atoms with Crippen LogP contribution in [0.3, 0.4) is 0 Å². The number of rotatable bonds is 14. The summed E-state index contributed by atoms with van der Waals surface area (Å²) >= 11 is 0. The Bertz CT molecular complexity index is 1080. The number of para-hydroxylation sites is 1. The zero-order valence-electron chi connectivity index (χ0n) is 21.8. The highest BCUT2D eigenvalue weighted by Crippen LogP contribution is 2.20. The number of carbonyl (C=O) groups excluding carboxylic acids is 3. The van der Waals surface area contributed by atoms with Gasteiger partial charge in [0, 0.05) is 23.5 Å². The third kappa shape index (κ3) is 8.29. The second kappa shape index (κ2) is 13.8. The quantitative estimate of drug-likeness (QED) is 0.192. The second-order valence-corrected chi connectivity index (χ2v) is 9.81. The van der Waals surface area contributed by atoms with Gasteiger partial charge in [0.1, 0.15) is 24.2 Å². The minimum atomic E-state index is -1.19. The van der Waals surface area contributed by atoms with Crippen molar-refractivity contribution in [1.29, 1.82) is 0 Å². The number of hydrogen-bond acceptors (Lipinski definition) is 6. The van der Waals surface area contributed by atoms with Crippen molar-refractivity contribution in [3.8, 4) is 0 Å². The molecule has 0 fully saturated rings. The van der Waals surface area contributed by atoms with Crippen LogP contribution in [-0.2, 0) is 25.6 Å². The average molecular weight is 518 g/mol. The Morgan fingerprint density at radius 1 is 0.973 bits per heavy atom. The number of aromatic amines is 1. The number of aliphatic hydroxyl groups excluding tert-OH is 1. The second-order valence-electron chi connectivity index (χ2n) is 9.81. The number of amides is 3. The molecule has 8 N–H and O–H groups in total. The zero-order chi connectivity index (χ0) is 27.7. The first kappa shape index (κ1) is 29.8. The van der Waals surface area contributed by atoms with E-state index in [4.69, 9.17) is 5.73 Å². The molecule has 11 nitrogen and oxygen atoms in total. The van der Waals surface area contributed by atoms with Crippen molar-refractivity contribution in [2.75, 3.05) is 6.61 Å². The van der Waals surface area contributed by atoms with Crippen LogP contribution in [0.15, 0.2) is 30.5 Å². The van der Waals surface area contributed by atoms with Gasteiger partial charge in [-0.1, -0.05) is 52.3 Å².